The Bertz CT molecular complexity index is 1300. The minimum Gasteiger partial charge on any atom is -0.465 e. The summed E-state index contributed by atoms with van der Waals surface area (Å²) in [4.78, 5) is 14.1. The van der Waals surface area contributed by atoms with Crippen molar-refractivity contribution < 1.29 is 26.4 Å². The fourth-order valence-corrected chi connectivity index (χ4v) is 4.57. The van der Waals surface area contributed by atoms with Crippen LogP contribution in [-0.4, -0.2) is 32.7 Å². The third kappa shape index (κ3) is 3.77. The van der Waals surface area contributed by atoms with Gasteiger partial charge in [-0.05, 0) is 42.5 Å². The number of benzene rings is 2. The summed E-state index contributed by atoms with van der Waals surface area (Å²) in [5, 5.41) is 0. The number of sulfonamides is 1. The second kappa shape index (κ2) is 7.75. The Morgan fingerprint density at radius 1 is 1.13 bits per heavy atom. The number of carbonyl (C=O) groups excluding carboxylic acids is 1. The highest BCUT2D eigenvalue weighted by Crippen LogP contribution is 2.38. The van der Waals surface area contributed by atoms with Crippen LogP contribution in [0.25, 0.3) is 11.6 Å². The van der Waals surface area contributed by atoms with Gasteiger partial charge in [0.05, 0.1) is 22.4 Å². The molecule has 0 N–H and O–H groups in total. The van der Waals surface area contributed by atoms with E-state index in [9.17, 15) is 22.0 Å². The molecule has 31 heavy (non-hydrogen) atoms. The number of likely N-dealkylation sites (N-methyl/N-ethyl adjacent to an activating group) is 1. The second-order valence-corrected chi connectivity index (χ2v) is 9.16. The quantitative estimate of drug-likeness (QED) is 0.560. The van der Waals surface area contributed by atoms with E-state index >= 15 is 0 Å². The van der Waals surface area contributed by atoms with Gasteiger partial charge in [-0.25, -0.2) is 17.2 Å². The molecule has 0 aliphatic carbocycles. The molecule has 0 unspecified atom stereocenters. The molecule has 1 aliphatic heterocycles. The molecule has 0 radical (unpaired) electrons. The van der Waals surface area contributed by atoms with E-state index < -0.39 is 21.7 Å². The first-order valence-corrected chi connectivity index (χ1v) is 10.7. The maximum absolute atomic E-state index is 14.0. The van der Waals surface area contributed by atoms with Crippen LogP contribution in [0, 0.1) is 11.6 Å². The van der Waals surface area contributed by atoms with Gasteiger partial charge in [0.25, 0.3) is 5.91 Å². The number of amides is 1. The van der Waals surface area contributed by atoms with Crippen molar-refractivity contribution in [2.45, 2.75) is 11.4 Å². The van der Waals surface area contributed by atoms with E-state index in [1.807, 2.05) is 0 Å². The number of halogens is 2. The van der Waals surface area contributed by atoms with Crippen LogP contribution in [-0.2, 0) is 21.4 Å². The van der Waals surface area contributed by atoms with Crippen LogP contribution in [0.1, 0.15) is 16.9 Å². The molecule has 0 spiro atoms. The molecule has 4 rings (SSSR count). The van der Waals surface area contributed by atoms with E-state index in [0.29, 0.717) is 28.7 Å². The molecule has 160 valence electrons. The average molecular weight is 444 g/mol. The highest BCUT2D eigenvalue weighted by Gasteiger charge is 2.32. The number of rotatable bonds is 5. The molecule has 0 bridgehead atoms. The third-order valence-electron chi connectivity index (χ3n) is 5.10. The molecule has 3 aromatic rings. The number of fused-ring (bicyclic) bond motifs is 1. The lowest BCUT2D eigenvalue weighted by molar-refractivity contribution is -0.112. The molecule has 1 aromatic heterocycles. The molecular formula is C22H18F2N2O4S. The molecule has 0 fully saturated rings. The smallest absolute Gasteiger partial charge is 0.258 e. The highest BCUT2D eigenvalue weighted by atomic mass is 32.2. The molecule has 2 heterocycles. The zero-order chi connectivity index (χ0) is 22.3. The zero-order valence-corrected chi connectivity index (χ0v) is 17.5. The summed E-state index contributed by atoms with van der Waals surface area (Å²) < 4.78 is 59.6. The lowest BCUT2D eigenvalue weighted by Gasteiger charge is -2.18. The average Bonchev–Trinajstić information content (AvgIpc) is 3.33. The van der Waals surface area contributed by atoms with Gasteiger partial charge in [0.2, 0.25) is 10.0 Å². The normalized spacial score (nSPS) is 15.2. The van der Waals surface area contributed by atoms with Gasteiger partial charge in [0, 0.05) is 37.8 Å². The molecule has 1 aliphatic rings. The maximum atomic E-state index is 14.0. The number of hydrogen-bond donors (Lipinski definition) is 0. The van der Waals surface area contributed by atoms with Crippen LogP contribution < -0.4 is 4.90 Å². The van der Waals surface area contributed by atoms with Crippen LogP contribution in [0.2, 0.25) is 0 Å². The van der Waals surface area contributed by atoms with Crippen molar-refractivity contribution in [3.05, 3.63) is 83.3 Å². The first-order valence-electron chi connectivity index (χ1n) is 9.26. The van der Waals surface area contributed by atoms with Crippen LogP contribution in [0.4, 0.5) is 14.5 Å². The Hall–Kier alpha value is -3.30. The predicted molar refractivity (Wildman–Crippen MR) is 111 cm³/mol. The summed E-state index contributed by atoms with van der Waals surface area (Å²) in [5.74, 6) is -1.40. The Morgan fingerprint density at radius 2 is 1.90 bits per heavy atom. The minimum atomic E-state index is -4.01. The van der Waals surface area contributed by atoms with Crippen molar-refractivity contribution in [2.24, 2.45) is 0 Å². The number of nitrogens with zero attached hydrogens (tertiary/aromatic N) is 2. The largest absolute Gasteiger partial charge is 0.465 e. The van der Waals surface area contributed by atoms with Gasteiger partial charge >= 0.3 is 0 Å². The molecule has 1 amide bonds. The summed E-state index contributed by atoms with van der Waals surface area (Å²) in [5.41, 5.74) is 1.36. The van der Waals surface area contributed by atoms with E-state index in [4.69, 9.17) is 4.42 Å². The predicted octanol–water partition coefficient (Wildman–Crippen LogP) is 3.90. The Kier molecular flexibility index (Phi) is 5.24. The summed E-state index contributed by atoms with van der Waals surface area (Å²) in [6.45, 7) is -0.278. The van der Waals surface area contributed by atoms with E-state index in [-0.39, 0.29) is 22.9 Å². The number of anilines is 1. The second-order valence-electron chi connectivity index (χ2n) is 7.11. The molecule has 0 atom stereocenters. The zero-order valence-electron chi connectivity index (χ0n) is 16.7. The van der Waals surface area contributed by atoms with E-state index in [2.05, 4.69) is 0 Å². The van der Waals surface area contributed by atoms with Gasteiger partial charge in [0.15, 0.2) is 0 Å². The van der Waals surface area contributed by atoms with Gasteiger partial charge in [-0.1, -0.05) is 6.07 Å². The van der Waals surface area contributed by atoms with Crippen molar-refractivity contribution >= 4 is 33.3 Å². The first kappa shape index (κ1) is 21.0. The molecule has 0 saturated carbocycles. The summed E-state index contributed by atoms with van der Waals surface area (Å²) in [6, 6.07) is 10.7. The fraction of sp³-hybridized carbons (Fsp3) is 0.136. The SMILES string of the molecule is CN1C(=O)/C(=C/c2ccco2)c2cc(S(=O)(=O)N(C)Cc3ccc(F)cc3F)ccc21. The number of carbonyl (C=O) groups is 1. The summed E-state index contributed by atoms with van der Waals surface area (Å²) in [6.07, 6.45) is 3.03. The van der Waals surface area contributed by atoms with Gasteiger partial charge in [-0.15, -0.1) is 0 Å². The number of hydrogen-bond acceptors (Lipinski definition) is 4. The van der Waals surface area contributed by atoms with Crippen LogP contribution in [0.3, 0.4) is 0 Å². The third-order valence-corrected chi connectivity index (χ3v) is 6.90. The first-order chi connectivity index (χ1) is 14.7. The summed E-state index contributed by atoms with van der Waals surface area (Å²) >= 11 is 0. The van der Waals surface area contributed by atoms with Gasteiger partial charge in [0.1, 0.15) is 17.4 Å². The summed E-state index contributed by atoms with van der Waals surface area (Å²) in [7, 11) is -1.11. The molecule has 0 saturated heterocycles. The fourth-order valence-electron chi connectivity index (χ4n) is 3.40. The highest BCUT2D eigenvalue weighted by molar-refractivity contribution is 7.89. The van der Waals surface area contributed by atoms with E-state index in [1.54, 1.807) is 31.3 Å². The molecule has 6 nitrogen and oxygen atoms in total. The van der Waals surface area contributed by atoms with E-state index in [0.717, 1.165) is 10.4 Å². The lowest BCUT2D eigenvalue weighted by Crippen LogP contribution is -2.27. The maximum Gasteiger partial charge on any atom is 0.258 e. The lowest BCUT2D eigenvalue weighted by atomic mass is 10.1. The van der Waals surface area contributed by atoms with Gasteiger partial charge in [-0.3, -0.25) is 4.79 Å². The van der Waals surface area contributed by atoms with Crippen molar-refractivity contribution in [1.82, 2.24) is 4.31 Å². The number of furan rings is 1. The Labute approximate surface area is 178 Å². The molecular weight excluding hydrogens is 426 g/mol. The van der Waals surface area contributed by atoms with Gasteiger partial charge in [-0.2, -0.15) is 4.31 Å². The van der Waals surface area contributed by atoms with Crippen LogP contribution in [0.15, 0.2) is 64.1 Å². The van der Waals surface area contributed by atoms with Crippen molar-refractivity contribution in [3.63, 3.8) is 0 Å². The Morgan fingerprint density at radius 3 is 2.58 bits per heavy atom. The van der Waals surface area contributed by atoms with Crippen molar-refractivity contribution in [1.29, 1.82) is 0 Å². The minimum absolute atomic E-state index is 0.0435. The van der Waals surface area contributed by atoms with Crippen LogP contribution >= 0.6 is 0 Å². The molecule has 9 heteroatoms. The monoisotopic (exact) mass is 444 g/mol. The van der Waals surface area contributed by atoms with Crippen molar-refractivity contribution in [3.8, 4) is 0 Å². The Balaban J connectivity index is 1.70. The van der Waals surface area contributed by atoms with Crippen molar-refractivity contribution in [2.75, 3.05) is 19.0 Å². The van der Waals surface area contributed by atoms with Crippen LogP contribution in [0.5, 0.6) is 0 Å². The molecule has 2 aromatic carbocycles. The topological polar surface area (TPSA) is 70.8 Å². The van der Waals surface area contributed by atoms with E-state index in [1.165, 1.54) is 36.4 Å². The van der Waals surface area contributed by atoms with Gasteiger partial charge < -0.3 is 9.32 Å². The standard InChI is InChI=1S/C22H18F2N2O4S/c1-25(13-14-5-6-15(23)10-20(14)24)31(28,29)17-7-8-21-18(12-17)19(22(27)26(21)2)11-16-4-3-9-30-16/h3-12H,13H2,1-2H3/b19-11+.